The zero-order valence-corrected chi connectivity index (χ0v) is 19.9. The number of rotatable bonds is 8. The zero-order valence-electron chi connectivity index (χ0n) is 19.1. The van der Waals surface area contributed by atoms with Crippen molar-refractivity contribution in [3.05, 3.63) is 23.4 Å². The van der Waals surface area contributed by atoms with Crippen molar-refractivity contribution >= 4 is 17.6 Å². The molecule has 7 nitrogen and oxygen atoms in total. The van der Waals surface area contributed by atoms with Gasteiger partial charge in [0.25, 0.3) is 6.43 Å². The van der Waals surface area contributed by atoms with E-state index < -0.39 is 6.43 Å². The summed E-state index contributed by atoms with van der Waals surface area (Å²) in [5, 5.41) is 9.41. The SMILES string of the molecule is CCc1nnc(SCCCN2CCN(c3cc(C(F)F)nc(C(C)(C)C)n3)CC2)n1C. The summed E-state index contributed by atoms with van der Waals surface area (Å²) in [6.07, 6.45) is -0.642. The third-order valence-corrected chi connectivity index (χ3v) is 6.52. The van der Waals surface area contributed by atoms with Gasteiger partial charge in [0.2, 0.25) is 0 Å². The van der Waals surface area contributed by atoms with Crippen molar-refractivity contribution in [2.24, 2.45) is 7.05 Å². The molecule has 3 heterocycles. The van der Waals surface area contributed by atoms with Gasteiger partial charge in [-0.05, 0) is 13.0 Å². The predicted molar refractivity (Wildman–Crippen MR) is 120 cm³/mol. The van der Waals surface area contributed by atoms with Gasteiger partial charge in [-0.2, -0.15) is 0 Å². The molecule has 0 radical (unpaired) electrons. The second-order valence-corrected chi connectivity index (χ2v) is 9.93. The van der Waals surface area contributed by atoms with Crippen LogP contribution in [0.1, 0.15) is 57.9 Å². The smallest absolute Gasteiger partial charge is 0.280 e. The maximum atomic E-state index is 13.4. The molecule has 0 unspecified atom stereocenters. The normalized spacial score (nSPS) is 15.8. The first-order valence-corrected chi connectivity index (χ1v) is 11.8. The highest BCUT2D eigenvalue weighted by Gasteiger charge is 2.25. The van der Waals surface area contributed by atoms with Gasteiger partial charge < -0.3 is 9.47 Å². The van der Waals surface area contributed by atoms with E-state index in [1.54, 1.807) is 11.8 Å². The number of hydrogen-bond acceptors (Lipinski definition) is 7. The van der Waals surface area contributed by atoms with Gasteiger partial charge in [0.15, 0.2) is 5.16 Å². The molecule has 0 aromatic carbocycles. The van der Waals surface area contributed by atoms with Crippen LogP contribution < -0.4 is 4.90 Å². The lowest BCUT2D eigenvalue weighted by molar-refractivity contribution is 0.145. The fourth-order valence-electron chi connectivity index (χ4n) is 3.49. The molecular weight excluding hydrogens is 420 g/mol. The van der Waals surface area contributed by atoms with Crippen LogP contribution in [0.25, 0.3) is 0 Å². The molecule has 0 N–H and O–H groups in total. The number of hydrogen-bond donors (Lipinski definition) is 0. The Morgan fingerprint density at radius 1 is 1.10 bits per heavy atom. The average molecular weight is 454 g/mol. The van der Waals surface area contributed by atoms with Crippen molar-refractivity contribution in [2.45, 2.75) is 57.5 Å². The van der Waals surface area contributed by atoms with Crippen molar-refractivity contribution in [2.75, 3.05) is 43.4 Å². The number of halogens is 2. The first-order chi connectivity index (χ1) is 14.7. The number of aromatic nitrogens is 5. The lowest BCUT2D eigenvalue weighted by Crippen LogP contribution is -2.47. The van der Waals surface area contributed by atoms with E-state index in [-0.39, 0.29) is 11.1 Å². The molecule has 1 aliphatic heterocycles. The Labute approximate surface area is 187 Å². The van der Waals surface area contributed by atoms with Crippen molar-refractivity contribution < 1.29 is 8.78 Å². The van der Waals surface area contributed by atoms with Crippen LogP contribution in [0, 0.1) is 0 Å². The van der Waals surface area contributed by atoms with E-state index in [1.807, 2.05) is 27.8 Å². The van der Waals surface area contributed by atoms with Gasteiger partial charge in [-0.15, -0.1) is 10.2 Å². The third kappa shape index (κ3) is 6.12. The van der Waals surface area contributed by atoms with Gasteiger partial charge in [-0.25, -0.2) is 18.7 Å². The van der Waals surface area contributed by atoms with E-state index >= 15 is 0 Å². The highest BCUT2D eigenvalue weighted by molar-refractivity contribution is 7.99. The lowest BCUT2D eigenvalue weighted by Gasteiger charge is -2.36. The predicted octanol–water partition coefficient (Wildman–Crippen LogP) is 3.71. The van der Waals surface area contributed by atoms with E-state index in [0.29, 0.717) is 11.6 Å². The summed E-state index contributed by atoms with van der Waals surface area (Å²) < 4.78 is 28.8. The largest absolute Gasteiger partial charge is 0.354 e. The summed E-state index contributed by atoms with van der Waals surface area (Å²) in [7, 11) is 2.01. The summed E-state index contributed by atoms with van der Waals surface area (Å²) in [4.78, 5) is 13.2. The van der Waals surface area contributed by atoms with Crippen LogP contribution in [-0.4, -0.2) is 68.1 Å². The summed E-state index contributed by atoms with van der Waals surface area (Å²) in [6.45, 7) is 12.3. The second-order valence-electron chi connectivity index (χ2n) is 8.87. The molecule has 1 saturated heterocycles. The number of anilines is 1. The molecule has 3 rings (SSSR count). The van der Waals surface area contributed by atoms with Gasteiger partial charge in [0, 0.05) is 56.9 Å². The average Bonchev–Trinajstić information content (AvgIpc) is 3.10. The van der Waals surface area contributed by atoms with Crippen LogP contribution in [0.5, 0.6) is 0 Å². The minimum Gasteiger partial charge on any atom is -0.354 e. The van der Waals surface area contributed by atoms with E-state index in [0.717, 1.165) is 62.3 Å². The molecule has 172 valence electrons. The van der Waals surface area contributed by atoms with Gasteiger partial charge in [-0.3, -0.25) is 4.90 Å². The fraction of sp³-hybridized carbons (Fsp3) is 0.714. The fourth-order valence-corrected chi connectivity index (χ4v) is 4.35. The van der Waals surface area contributed by atoms with E-state index in [4.69, 9.17) is 0 Å². The quantitative estimate of drug-likeness (QED) is 0.446. The molecule has 0 amide bonds. The third-order valence-electron chi connectivity index (χ3n) is 5.41. The van der Waals surface area contributed by atoms with Crippen LogP contribution in [0.15, 0.2) is 11.2 Å². The topological polar surface area (TPSA) is 63.0 Å². The van der Waals surface area contributed by atoms with Gasteiger partial charge in [0.1, 0.15) is 23.2 Å². The van der Waals surface area contributed by atoms with Crippen molar-refractivity contribution in [3.63, 3.8) is 0 Å². The number of alkyl halides is 2. The van der Waals surface area contributed by atoms with Crippen molar-refractivity contribution in [1.82, 2.24) is 29.6 Å². The van der Waals surface area contributed by atoms with Crippen LogP contribution in [0.3, 0.4) is 0 Å². The molecule has 1 aliphatic rings. The van der Waals surface area contributed by atoms with E-state index in [9.17, 15) is 8.78 Å². The molecule has 2 aromatic rings. The Bertz CT molecular complexity index is 858. The molecule has 0 spiro atoms. The van der Waals surface area contributed by atoms with Gasteiger partial charge in [-0.1, -0.05) is 39.5 Å². The molecular formula is C21H33F2N7S. The molecule has 0 bridgehead atoms. The summed E-state index contributed by atoms with van der Waals surface area (Å²) in [5.74, 6) is 3.08. The number of piperazine rings is 1. The number of thioether (sulfide) groups is 1. The molecule has 0 atom stereocenters. The summed E-state index contributed by atoms with van der Waals surface area (Å²) in [5.41, 5.74) is -0.566. The van der Waals surface area contributed by atoms with E-state index in [2.05, 4.69) is 41.5 Å². The lowest BCUT2D eigenvalue weighted by atomic mass is 9.95. The maximum Gasteiger partial charge on any atom is 0.280 e. The monoisotopic (exact) mass is 453 g/mol. The van der Waals surface area contributed by atoms with Gasteiger partial charge in [0.05, 0.1) is 0 Å². The maximum absolute atomic E-state index is 13.4. The molecule has 10 heteroatoms. The highest BCUT2D eigenvalue weighted by Crippen LogP contribution is 2.27. The first kappa shape index (κ1) is 23.8. The Kier molecular flexibility index (Phi) is 7.85. The summed E-state index contributed by atoms with van der Waals surface area (Å²) >= 11 is 1.74. The minimum atomic E-state index is -2.59. The van der Waals surface area contributed by atoms with Crippen LogP contribution in [0.2, 0.25) is 0 Å². The molecule has 0 saturated carbocycles. The molecule has 1 fully saturated rings. The van der Waals surface area contributed by atoms with E-state index in [1.165, 1.54) is 6.07 Å². The Hall–Kier alpha value is -1.81. The number of nitrogens with zero attached hydrogens (tertiary/aromatic N) is 7. The molecule has 2 aromatic heterocycles. The zero-order chi connectivity index (χ0) is 22.6. The van der Waals surface area contributed by atoms with Gasteiger partial charge >= 0.3 is 0 Å². The number of aryl methyl sites for hydroxylation is 1. The minimum absolute atomic E-state index is 0.190. The summed E-state index contributed by atoms with van der Waals surface area (Å²) in [6, 6.07) is 1.44. The highest BCUT2D eigenvalue weighted by atomic mass is 32.2. The molecule has 0 aliphatic carbocycles. The standard InChI is InChI=1S/C21H33F2N7S/c1-6-16-26-27-20(28(16)5)31-13-7-8-29-9-11-30(12-10-29)17-14-15(18(22)23)24-19(25-17)21(2,3)4/h14,18H,6-13H2,1-5H3. The van der Waals surface area contributed by atoms with Crippen LogP contribution >= 0.6 is 11.8 Å². The van der Waals surface area contributed by atoms with Crippen molar-refractivity contribution in [3.8, 4) is 0 Å². The Morgan fingerprint density at radius 3 is 2.39 bits per heavy atom. The van der Waals surface area contributed by atoms with Crippen LogP contribution in [0.4, 0.5) is 14.6 Å². The Balaban J connectivity index is 1.50. The van der Waals surface area contributed by atoms with Crippen LogP contribution in [-0.2, 0) is 18.9 Å². The molecule has 31 heavy (non-hydrogen) atoms. The van der Waals surface area contributed by atoms with Crippen molar-refractivity contribution in [1.29, 1.82) is 0 Å². The Morgan fingerprint density at radius 2 is 1.81 bits per heavy atom. The first-order valence-electron chi connectivity index (χ1n) is 10.8. The second kappa shape index (κ2) is 10.2.